The molecule has 0 atom stereocenters. The van der Waals surface area contributed by atoms with Gasteiger partial charge < -0.3 is 19.6 Å². The molecule has 0 radical (unpaired) electrons. The number of piperazine rings is 1. The van der Waals surface area contributed by atoms with Crippen molar-refractivity contribution >= 4 is 11.7 Å². The Morgan fingerprint density at radius 3 is 2.63 bits per heavy atom. The number of aliphatic hydroxyl groups is 1. The lowest BCUT2D eigenvalue weighted by molar-refractivity contribution is 0.0732. The van der Waals surface area contributed by atoms with E-state index in [2.05, 4.69) is 14.9 Å². The van der Waals surface area contributed by atoms with Crippen LogP contribution in [0.4, 0.5) is 5.82 Å². The number of aromatic nitrogens is 2. The van der Waals surface area contributed by atoms with Crippen LogP contribution < -0.4 is 9.64 Å². The average molecular weight is 368 g/mol. The molecule has 2 fully saturated rings. The van der Waals surface area contributed by atoms with Crippen molar-refractivity contribution in [3.8, 4) is 5.75 Å². The van der Waals surface area contributed by atoms with Gasteiger partial charge in [0.1, 0.15) is 17.9 Å². The highest BCUT2D eigenvalue weighted by atomic mass is 16.5. The summed E-state index contributed by atoms with van der Waals surface area (Å²) < 4.78 is 5.21. The number of carbonyl (C=O) groups excluding carboxylic acids is 1. The average Bonchev–Trinajstić information content (AvgIpc) is 2.71. The van der Waals surface area contributed by atoms with Gasteiger partial charge >= 0.3 is 0 Å². The zero-order valence-electron chi connectivity index (χ0n) is 15.4. The number of amides is 1. The van der Waals surface area contributed by atoms with Gasteiger partial charge in [-0.2, -0.15) is 0 Å². The number of rotatable bonds is 4. The van der Waals surface area contributed by atoms with Crippen LogP contribution in [0.2, 0.25) is 0 Å². The zero-order valence-corrected chi connectivity index (χ0v) is 15.4. The van der Waals surface area contributed by atoms with E-state index in [0.29, 0.717) is 30.3 Å². The first-order valence-corrected chi connectivity index (χ1v) is 9.32. The van der Waals surface area contributed by atoms with E-state index in [1.54, 1.807) is 19.5 Å². The van der Waals surface area contributed by atoms with E-state index >= 15 is 0 Å². The molecule has 142 valence electrons. The summed E-state index contributed by atoms with van der Waals surface area (Å²) in [5.74, 6) is 1.95. The van der Waals surface area contributed by atoms with E-state index < -0.39 is 0 Å². The third-order valence-electron chi connectivity index (χ3n) is 5.41. The monoisotopic (exact) mass is 368 g/mol. The maximum absolute atomic E-state index is 12.7. The molecule has 1 aliphatic carbocycles. The third kappa shape index (κ3) is 3.73. The molecule has 1 aliphatic heterocycles. The summed E-state index contributed by atoms with van der Waals surface area (Å²) in [6.45, 7) is 2.77. The second-order valence-corrected chi connectivity index (χ2v) is 7.13. The summed E-state index contributed by atoms with van der Waals surface area (Å²) in [7, 11) is 1.60. The van der Waals surface area contributed by atoms with E-state index in [9.17, 15) is 9.90 Å². The lowest BCUT2D eigenvalue weighted by Gasteiger charge is -2.36. The largest absolute Gasteiger partial charge is 0.497 e. The molecule has 7 nitrogen and oxygen atoms in total. The van der Waals surface area contributed by atoms with Crippen LogP contribution in [0.5, 0.6) is 5.75 Å². The van der Waals surface area contributed by atoms with Gasteiger partial charge in [0.25, 0.3) is 5.91 Å². The summed E-state index contributed by atoms with van der Waals surface area (Å²) in [6.07, 6.45) is 2.96. The Morgan fingerprint density at radius 1 is 1.15 bits per heavy atom. The Kier molecular flexibility index (Phi) is 4.94. The second-order valence-electron chi connectivity index (χ2n) is 7.13. The zero-order chi connectivity index (χ0) is 18.8. The van der Waals surface area contributed by atoms with E-state index in [4.69, 9.17) is 4.74 Å². The van der Waals surface area contributed by atoms with Crippen LogP contribution in [-0.4, -0.2) is 65.3 Å². The van der Waals surface area contributed by atoms with Crippen molar-refractivity contribution in [2.45, 2.75) is 24.9 Å². The molecule has 1 saturated heterocycles. The van der Waals surface area contributed by atoms with Gasteiger partial charge in [-0.25, -0.2) is 9.97 Å². The Labute approximate surface area is 158 Å². The van der Waals surface area contributed by atoms with Crippen LogP contribution in [0.3, 0.4) is 0 Å². The Hall–Kier alpha value is -2.67. The highest BCUT2D eigenvalue weighted by molar-refractivity contribution is 5.94. The van der Waals surface area contributed by atoms with Gasteiger partial charge in [0.15, 0.2) is 0 Å². The Balaban J connectivity index is 1.39. The summed E-state index contributed by atoms with van der Waals surface area (Å²) in [5.41, 5.74) is 1.65. The molecule has 0 unspecified atom stereocenters. The first-order valence-electron chi connectivity index (χ1n) is 9.32. The number of nitrogens with zero attached hydrogens (tertiary/aromatic N) is 4. The number of methoxy groups -OCH3 is 1. The molecule has 1 N–H and O–H groups in total. The molecule has 2 heterocycles. The molecule has 1 aromatic heterocycles. The minimum Gasteiger partial charge on any atom is -0.497 e. The third-order valence-corrected chi connectivity index (χ3v) is 5.41. The van der Waals surface area contributed by atoms with Gasteiger partial charge in [-0.3, -0.25) is 4.79 Å². The molecule has 1 amide bonds. The summed E-state index contributed by atoms with van der Waals surface area (Å²) in [5, 5.41) is 9.51. The number of carbonyl (C=O) groups is 1. The predicted molar refractivity (Wildman–Crippen MR) is 101 cm³/mol. The Bertz CT molecular complexity index is 814. The van der Waals surface area contributed by atoms with Crippen LogP contribution >= 0.6 is 0 Å². The van der Waals surface area contributed by atoms with Crippen LogP contribution in [0.15, 0.2) is 36.7 Å². The fourth-order valence-electron chi connectivity index (χ4n) is 3.66. The van der Waals surface area contributed by atoms with Crippen molar-refractivity contribution in [1.29, 1.82) is 0 Å². The van der Waals surface area contributed by atoms with Crippen LogP contribution in [0.25, 0.3) is 0 Å². The maximum atomic E-state index is 12.7. The SMILES string of the molecule is COc1cccc(C(=O)N2CCN(c3cc(C4CC(O)C4)ncn3)CC2)c1. The van der Waals surface area contributed by atoms with Crippen molar-refractivity contribution < 1.29 is 14.6 Å². The fraction of sp³-hybridized carbons (Fsp3) is 0.450. The number of hydrogen-bond acceptors (Lipinski definition) is 6. The lowest BCUT2D eigenvalue weighted by atomic mass is 9.80. The smallest absolute Gasteiger partial charge is 0.254 e. The van der Waals surface area contributed by atoms with E-state index in [1.807, 2.05) is 29.2 Å². The quantitative estimate of drug-likeness (QED) is 0.885. The second kappa shape index (κ2) is 7.52. The molecular formula is C20H24N4O3. The summed E-state index contributed by atoms with van der Waals surface area (Å²) >= 11 is 0. The van der Waals surface area contributed by atoms with Gasteiger partial charge in [-0.1, -0.05) is 6.07 Å². The van der Waals surface area contributed by atoms with E-state index in [-0.39, 0.29) is 12.0 Å². The van der Waals surface area contributed by atoms with Crippen LogP contribution in [-0.2, 0) is 0 Å². The lowest BCUT2D eigenvalue weighted by Crippen LogP contribution is -2.49. The summed E-state index contributed by atoms with van der Waals surface area (Å²) in [4.78, 5) is 25.6. The number of hydrogen-bond donors (Lipinski definition) is 1. The highest BCUT2D eigenvalue weighted by Gasteiger charge is 2.30. The van der Waals surface area contributed by atoms with Gasteiger partial charge in [-0.15, -0.1) is 0 Å². The molecule has 2 aromatic rings. The van der Waals surface area contributed by atoms with Gasteiger partial charge in [-0.05, 0) is 31.0 Å². The van der Waals surface area contributed by atoms with Gasteiger partial charge in [0.05, 0.1) is 13.2 Å². The predicted octanol–water partition coefficient (Wildman–Crippen LogP) is 1.69. The summed E-state index contributed by atoms with van der Waals surface area (Å²) in [6, 6.07) is 9.29. The Morgan fingerprint density at radius 2 is 1.93 bits per heavy atom. The topological polar surface area (TPSA) is 78.8 Å². The van der Waals surface area contributed by atoms with Crippen molar-refractivity contribution in [3.63, 3.8) is 0 Å². The first-order chi connectivity index (χ1) is 13.1. The van der Waals surface area contributed by atoms with Crippen LogP contribution in [0.1, 0.15) is 34.8 Å². The molecule has 2 aliphatic rings. The normalized spacial score (nSPS) is 22.3. The molecule has 0 bridgehead atoms. The van der Waals surface area contributed by atoms with E-state index in [0.717, 1.165) is 37.4 Å². The van der Waals surface area contributed by atoms with Gasteiger partial charge in [0.2, 0.25) is 0 Å². The molecule has 1 saturated carbocycles. The number of anilines is 1. The molecule has 1 aromatic carbocycles. The van der Waals surface area contributed by atoms with Crippen LogP contribution in [0, 0.1) is 0 Å². The molecule has 4 rings (SSSR count). The molecule has 27 heavy (non-hydrogen) atoms. The van der Waals surface area contributed by atoms with Crippen molar-refractivity contribution in [1.82, 2.24) is 14.9 Å². The van der Waals surface area contributed by atoms with E-state index in [1.165, 1.54) is 0 Å². The number of benzene rings is 1. The van der Waals surface area contributed by atoms with Crippen molar-refractivity contribution in [2.24, 2.45) is 0 Å². The minimum atomic E-state index is -0.195. The highest BCUT2D eigenvalue weighted by Crippen LogP contribution is 2.36. The molecule has 7 heteroatoms. The fourth-order valence-corrected chi connectivity index (χ4v) is 3.66. The maximum Gasteiger partial charge on any atom is 0.254 e. The first kappa shape index (κ1) is 17.7. The minimum absolute atomic E-state index is 0.0281. The van der Waals surface area contributed by atoms with Gasteiger partial charge in [0, 0.05) is 49.4 Å². The van der Waals surface area contributed by atoms with Crippen molar-refractivity contribution in [2.75, 3.05) is 38.2 Å². The standard InChI is InChI=1S/C20H24N4O3/c1-27-17-4-2-3-14(11-17)20(26)24-7-5-23(6-8-24)19-12-18(21-13-22-19)15-9-16(25)10-15/h2-4,11-13,15-16,25H,5-10H2,1H3. The molecular weight excluding hydrogens is 344 g/mol. The van der Waals surface area contributed by atoms with Crippen molar-refractivity contribution in [3.05, 3.63) is 47.9 Å². The number of aliphatic hydroxyl groups excluding tert-OH is 1. The number of ether oxygens (including phenoxy) is 1. The molecule has 0 spiro atoms.